The van der Waals surface area contributed by atoms with Crippen molar-refractivity contribution in [3.63, 3.8) is 0 Å². The van der Waals surface area contributed by atoms with Crippen molar-refractivity contribution in [3.05, 3.63) is 30.6 Å². The number of nitrogens with two attached hydrogens (primary N) is 1. The van der Waals surface area contributed by atoms with Crippen molar-refractivity contribution in [2.45, 2.75) is 11.8 Å². The molecule has 1 heterocycles. The monoisotopic (exact) mass is 281 g/mol. The molecule has 1 aromatic heterocycles. The highest BCUT2D eigenvalue weighted by Crippen LogP contribution is 2.28. The van der Waals surface area contributed by atoms with E-state index >= 15 is 0 Å². The molecular weight excluding hydrogens is 266 g/mol. The molecule has 0 aliphatic heterocycles. The summed E-state index contributed by atoms with van der Waals surface area (Å²) in [4.78, 5) is 0.147. The van der Waals surface area contributed by atoms with Crippen molar-refractivity contribution in [1.29, 1.82) is 0 Å². The first-order valence-corrected chi connectivity index (χ1v) is 7.59. The van der Waals surface area contributed by atoms with E-state index in [9.17, 15) is 8.42 Å². The van der Waals surface area contributed by atoms with Crippen LogP contribution in [0.2, 0.25) is 0 Å². The van der Waals surface area contributed by atoms with Crippen LogP contribution in [-0.4, -0.2) is 31.1 Å². The van der Waals surface area contributed by atoms with Crippen LogP contribution < -0.4 is 10.5 Å². The zero-order chi connectivity index (χ0) is 14.0. The SMILES string of the molecule is CCOc1cccc(-n2cc(S(C)(=O)=O)cn2)c1N. The molecule has 0 spiro atoms. The number of benzene rings is 1. The quantitative estimate of drug-likeness (QED) is 0.852. The van der Waals surface area contributed by atoms with Gasteiger partial charge < -0.3 is 10.5 Å². The van der Waals surface area contributed by atoms with Gasteiger partial charge in [0.25, 0.3) is 0 Å². The fourth-order valence-electron chi connectivity index (χ4n) is 1.64. The number of ether oxygens (including phenoxy) is 1. The smallest absolute Gasteiger partial charge is 0.178 e. The average molecular weight is 281 g/mol. The molecule has 0 saturated carbocycles. The largest absolute Gasteiger partial charge is 0.492 e. The molecule has 0 atom stereocenters. The van der Waals surface area contributed by atoms with E-state index in [1.807, 2.05) is 6.92 Å². The third-order valence-electron chi connectivity index (χ3n) is 2.58. The van der Waals surface area contributed by atoms with Crippen molar-refractivity contribution in [3.8, 4) is 11.4 Å². The van der Waals surface area contributed by atoms with Crippen LogP contribution in [0.15, 0.2) is 35.5 Å². The first kappa shape index (κ1) is 13.4. The van der Waals surface area contributed by atoms with Gasteiger partial charge in [0.2, 0.25) is 0 Å². The molecule has 1 aromatic carbocycles. The van der Waals surface area contributed by atoms with Crippen molar-refractivity contribution < 1.29 is 13.2 Å². The summed E-state index contributed by atoms with van der Waals surface area (Å²) in [5.41, 5.74) is 6.99. The molecule has 19 heavy (non-hydrogen) atoms. The number of para-hydroxylation sites is 1. The number of hydrogen-bond acceptors (Lipinski definition) is 5. The van der Waals surface area contributed by atoms with E-state index in [0.29, 0.717) is 23.7 Å². The number of nitrogens with zero attached hydrogens (tertiary/aromatic N) is 2. The first-order chi connectivity index (χ1) is 8.93. The Morgan fingerprint density at radius 2 is 2.16 bits per heavy atom. The standard InChI is InChI=1S/C12H15N3O3S/c1-3-18-11-6-4-5-10(12(11)13)15-8-9(7-14-15)19(2,16)17/h4-8H,3,13H2,1-2H3. The van der Waals surface area contributed by atoms with E-state index in [2.05, 4.69) is 5.10 Å². The Morgan fingerprint density at radius 3 is 2.74 bits per heavy atom. The summed E-state index contributed by atoms with van der Waals surface area (Å²) in [5, 5.41) is 4.02. The van der Waals surface area contributed by atoms with Crippen LogP contribution in [0, 0.1) is 0 Å². The highest BCUT2D eigenvalue weighted by atomic mass is 32.2. The van der Waals surface area contributed by atoms with E-state index in [0.717, 1.165) is 6.26 Å². The molecule has 6 nitrogen and oxygen atoms in total. The molecule has 2 rings (SSSR count). The lowest BCUT2D eigenvalue weighted by Gasteiger charge is -2.10. The number of hydrogen-bond donors (Lipinski definition) is 1. The zero-order valence-electron chi connectivity index (χ0n) is 10.7. The molecule has 0 aliphatic carbocycles. The van der Waals surface area contributed by atoms with Crippen LogP contribution in [0.4, 0.5) is 5.69 Å². The van der Waals surface area contributed by atoms with Crippen molar-refractivity contribution >= 4 is 15.5 Å². The predicted octanol–water partition coefficient (Wildman–Crippen LogP) is 1.26. The van der Waals surface area contributed by atoms with Gasteiger partial charge in [-0.2, -0.15) is 5.10 Å². The summed E-state index contributed by atoms with van der Waals surface area (Å²) >= 11 is 0. The number of rotatable bonds is 4. The maximum absolute atomic E-state index is 11.4. The summed E-state index contributed by atoms with van der Waals surface area (Å²) < 4.78 is 29.7. The van der Waals surface area contributed by atoms with Crippen LogP contribution in [0.3, 0.4) is 0 Å². The summed E-state index contributed by atoms with van der Waals surface area (Å²) in [6.45, 7) is 2.36. The summed E-state index contributed by atoms with van der Waals surface area (Å²) in [7, 11) is -3.28. The zero-order valence-corrected chi connectivity index (χ0v) is 11.5. The minimum Gasteiger partial charge on any atom is -0.492 e. The number of aromatic nitrogens is 2. The molecule has 0 fully saturated rings. The summed E-state index contributed by atoms with van der Waals surface area (Å²) in [5.74, 6) is 0.552. The van der Waals surface area contributed by atoms with Gasteiger partial charge >= 0.3 is 0 Å². The van der Waals surface area contributed by atoms with E-state index in [1.165, 1.54) is 17.1 Å². The lowest BCUT2D eigenvalue weighted by molar-refractivity contribution is 0.342. The van der Waals surface area contributed by atoms with Gasteiger partial charge in [0.05, 0.1) is 18.5 Å². The molecule has 0 radical (unpaired) electrons. The van der Waals surface area contributed by atoms with Crippen LogP contribution in [0.5, 0.6) is 5.75 Å². The van der Waals surface area contributed by atoms with Gasteiger partial charge in [-0.05, 0) is 19.1 Å². The van der Waals surface area contributed by atoms with Gasteiger partial charge in [0.1, 0.15) is 16.3 Å². The van der Waals surface area contributed by atoms with Crippen LogP contribution in [-0.2, 0) is 9.84 Å². The Bertz CT molecular complexity index is 692. The molecular formula is C12H15N3O3S. The van der Waals surface area contributed by atoms with Gasteiger partial charge in [0.15, 0.2) is 9.84 Å². The van der Waals surface area contributed by atoms with Gasteiger partial charge in [-0.25, -0.2) is 13.1 Å². The lowest BCUT2D eigenvalue weighted by Crippen LogP contribution is -2.03. The lowest BCUT2D eigenvalue weighted by atomic mass is 10.2. The van der Waals surface area contributed by atoms with Crippen LogP contribution in [0.25, 0.3) is 5.69 Å². The topological polar surface area (TPSA) is 87.2 Å². The molecule has 0 bridgehead atoms. The molecule has 0 saturated heterocycles. The third kappa shape index (κ3) is 2.70. The second kappa shape index (κ2) is 4.93. The second-order valence-corrected chi connectivity index (χ2v) is 6.03. The number of nitrogen functional groups attached to an aromatic ring is 1. The molecule has 0 unspecified atom stereocenters. The Balaban J connectivity index is 2.48. The Labute approximate surface area is 111 Å². The van der Waals surface area contributed by atoms with Crippen molar-refractivity contribution in [1.82, 2.24) is 9.78 Å². The molecule has 7 heteroatoms. The van der Waals surface area contributed by atoms with Crippen LogP contribution in [0.1, 0.15) is 6.92 Å². The number of sulfone groups is 1. The molecule has 0 aliphatic rings. The maximum Gasteiger partial charge on any atom is 0.178 e. The van der Waals surface area contributed by atoms with Gasteiger partial charge in [0, 0.05) is 12.5 Å². The highest BCUT2D eigenvalue weighted by molar-refractivity contribution is 7.90. The Hall–Kier alpha value is -2.02. The van der Waals surface area contributed by atoms with E-state index < -0.39 is 9.84 Å². The highest BCUT2D eigenvalue weighted by Gasteiger charge is 2.13. The van der Waals surface area contributed by atoms with Gasteiger partial charge in [-0.15, -0.1) is 0 Å². The molecule has 2 N–H and O–H groups in total. The molecule has 2 aromatic rings. The fourth-order valence-corrected chi connectivity index (χ4v) is 2.17. The Morgan fingerprint density at radius 1 is 1.42 bits per heavy atom. The van der Waals surface area contributed by atoms with Crippen LogP contribution >= 0.6 is 0 Å². The van der Waals surface area contributed by atoms with E-state index in [-0.39, 0.29) is 4.90 Å². The summed E-state index contributed by atoms with van der Waals surface area (Å²) in [6, 6.07) is 5.28. The third-order valence-corrected chi connectivity index (χ3v) is 3.64. The van der Waals surface area contributed by atoms with E-state index in [1.54, 1.807) is 18.2 Å². The van der Waals surface area contributed by atoms with Gasteiger partial charge in [-0.1, -0.05) is 6.07 Å². The van der Waals surface area contributed by atoms with Gasteiger partial charge in [-0.3, -0.25) is 0 Å². The average Bonchev–Trinajstić information content (AvgIpc) is 2.81. The number of anilines is 1. The molecule has 102 valence electrons. The minimum absolute atomic E-state index is 0.147. The molecule has 0 amide bonds. The Kier molecular flexibility index (Phi) is 3.48. The minimum atomic E-state index is -3.28. The van der Waals surface area contributed by atoms with Crippen molar-refractivity contribution in [2.75, 3.05) is 18.6 Å². The maximum atomic E-state index is 11.4. The second-order valence-electron chi connectivity index (χ2n) is 4.01. The predicted molar refractivity (Wildman–Crippen MR) is 72.3 cm³/mol. The van der Waals surface area contributed by atoms with Crippen molar-refractivity contribution in [2.24, 2.45) is 0 Å². The summed E-state index contributed by atoms with van der Waals surface area (Å²) in [6.07, 6.45) is 3.85. The van der Waals surface area contributed by atoms with E-state index in [4.69, 9.17) is 10.5 Å². The first-order valence-electron chi connectivity index (χ1n) is 5.70. The fraction of sp³-hybridized carbons (Fsp3) is 0.250. The normalized spacial score (nSPS) is 11.5.